The highest BCUT2D eigenvalue weighted by molar-refractivity contribution is 7.03. The zero-order valence-corrected chi connectivity index (χ0v) is 10.3. The first-order chi connectivity index (χ1) is 7.75. The molecule has 2 rings (SSSR count). The van der Waals surface area contributed by atoms with E-state index in [1.807, 2.05) is 5.38 Å². The Morgan fingerprint density at radius 3 is 2.94 bits per heavy atom. The molecule has 0 aliphatic carbocycles. The van der Waals surface area contributed by atoms with Gasteiger partial charge >= 0.3 is 0 Å². The van der Waals surface area contributed by atoms with Crippen LogP contribution in [0.5, 0.6) is 0 Å². The third-order valence-corrected chi connectivity index (χ3v) is 2.80. The summed E-state index contributed by atoms with van der Waals surface area (Å²) in [5.41, 5.74) is 3.37. The van der Waals surface area contributed by atoms with Crippen molar-refractivity contribution >= 4 is 11.5 Å². The molecule has 1 heterocycles. The number of rotatable bonds is 4. The molecule has 0 bridgehead atoms. The van der Waals surface area contributed by atoms with E-state index < -0.39 is 0 Å². The molecule has 16 heavy (non-hydrogen) atoms. The van der Waals surface area contributed by atoms with Crippen LogP contribution >= 0.6 is 11.5 Å². The quantitative estimate of drug-likeness (QED) is 0.882. The normalized spacial score (nSPS) is 10.9. The largest absolute Gasteiger partial charge is 0.310 e. The molecule has 0 spiro atoms. The molecule has 0 radical (unpaired) electrons. The second-order valence-corrected chi connectivity index (χ2v) is 4.64. The summed E-state index contributed by atoms with van der Waals surface area (Å²) in [5, 5.41) is 9.44. The molecule has 0 atom stereocenters. The maximum Gasteiger partial charge on any atom is 0.105 e. The number of hydrogen-bond donors (Lipinski definition) is 1. The van der Waals surface area contributed by atoms with Crippen molar-refractivity contribution < 1.29 is 0 Å². The standard InChI is InChI=1S/C12H15N3S/c1-9(2)13-7-10-4-3-5-11(6-10)12-8-16-15-14-12/h3-6,8-9,13H,7H2,1-2H3. The average molecular weight is 233 g/mol. The molecule has 0 fully saturated rings. The van der Waals surface area contributed by atoms with Crippen LogP contribution in [0.15, 0.2) is 29.6 Å². The number of nitrogens with one attached hydrogen (secondary N) is 1. The van der Waals surface area contributed by atoms with Gasteiger partial charge in [0, 0.05) is 23.5 Å². The fourth-order valence-electron chi connectivity index (χ4n) is 1.45. The minimum atomic E-state index is 0.504. The Hall–Kier alpha value is -1.26. The van der Waals surface area contributed by atoms with Gasteiger partial charge in [0.2, 0.25) is 0 Å². The van der Waals surface area contributed by atoms with E-state index in [4.69, 9.17) is 0 Å². The summed E-state index contributed by atoms with van der Waals surface area (Å²) < 4.78 is 3.88. The van der Waals surface area contributed by atoms with Gasteiger partial charge in [-0.15, -0.1) is 5.10 Å². The second kappa shape index (κ2) is 5.18. The van der Waals surface area contributed by atoms with Crippen molar-refractivity contribution in [2.75, 3.05) is 0 Å². The van der Waals surface area contributed by atoms with Crippen LogP contribution in [-0.4, -0.2) is 15.6 Å². The number of benzene rings is 1. The highest BCUT2D eigenvalue weighted by Gasteiger charge is 2.02. The maximum atomic E-state index is 4.07. The molecular weight excluding hydrogens is 218 g/mol. The SMILES string of the molecule is CC(C)NCc1cccc(-c2csnn2)c1. The monoisotopic (exact) mass is 233 g/mol. The first-order valence-electron chi connectivity index (χ1n) is 5.35. The Kier molecular flexibility index (Phi) is 3.64. The molecule has 0 aliphatic rings. The Morgan fingerprint density at radius 2 is 2.25 bits per heavy atom. The van der Waals surface area contributed by atoms with Gasteiger partial charge in [0.25, 0.3) is 0 Å². The molecule has 3 nitrogen and oxygen atoms in total. The lowest BCUT2D eigenvalue weighted by atomic mass is 10.1. The molecule has 0 unspecified atom stereocenters. The fraction of sp³-hybridized carbons (Fsp3) is 0.333. The van der Waals surface area contributed by atoms with Gasteiger partial charge in [0.05, 0.1) is 0 Å². The predicted molar refractivity (Wildman–Crippen MR) is 67.3 cm³/mol. The molecule has 0 saturated heterocycles. The topological polar surface area (TPSA) is 37.8 Å². The summed E-state index contributed by atoms with van der Waals surface area (Å²) in [5.74, 6) is 0. The van der Waals surface area contributed by atoms with E-state index in [0.29, 0.717) is 6.04 Å². The van der Waals surface area contributed by atoms with Crippen molar-refractivity contribution in [3.05, 3.63) is 35.2 Å². The Balaban J connectivity index is 2.14. The Labute approximate surface area is 99.7 Å². The molecule has 4 heteroatoms. The predicted octanol–water partition coefficient (Wildman–Crippen LogP) is 2.70. The first-order valence-corrected chi connectivity index (χ1v) is 6.19. The van der Waals surface area contributed by atoms with Crippen LogP contribution < -0.4 is 5.32 Å². The van der Waals surface area contributed by atoms with Crippen LogP contribution in [0.3, 0.4) is 0 Å². The van der Waals surface area contributed by atoms with Crippen LogP contribution in [0.2, 0.25) is 0 Å². The highest BCUT2D eigenvalue weighted by atomic mass is 32.1. The number of nitrogens with zero attached hydrogens (tertiary/aromatic N) is 2. The molecule has 0 amide bonds. The lowest BCUT2D eigenvalue weighted by Crippen LogP contribution is -2.21. The Bertz CT molecular complexity index is 437. The van der Waals surface area contributed by atoms with Crippen molar-refractivity contribution in [1.82, 2.24) is 14.9 Å². The number of hydrogen-bond acceptors (Lipinski definition) is 4. The summed E-state index contributed by atoms with van der Waals surface area (Å²) in [7, 11) is 0. The molecular formula is C12H15N3S. The van der Waals surface area contributed by atoms with Crippen LogP contribution in [0, 0.1) is 0 Å². The molecule has 1 aromatic carbocycles. The summed E-state index contributed by atoms with van der Waals surface area (Å²) in [6.45, 7) is 5.19. The molecule has 1 aromatic heterocycles. The van der Waals surface area contributed by atoms with Gasteiger partial charge in [0.1, 0.15) is 5.69 Å². The molecule has 1 N–H and O–H groups in total. The molecule has 0 saturated carbocycles. The summed E-state index contributed by atoms with van der Waals surface area (Å²) in [4.78, 5) is 0. The molecule has 0 aliphatic heterocycles. The van der Waals surface area contributed by atoms with E-state index in [-0.39, 0.29) is 0 Å². The summed E-state index contributed by atoms with van der Waals surface area (Å²) >= 11 is 1.38. The molecule has 2 aromatic rings. The van der Waals surface area contributed by atoms with Crippen molar-refractivity contribution in [2.45, 2.75) is 26.4 Å². The van der Waals surface area contributed by atoms with E-state index >= 15 is 0 Å². The first kappa shape index (κ1) is 11.2. The maximum absolute atomic E-state index is 4.07. The number of aromatic nitrogens is 2. The smallest absolute Gasteiger partial charge is 0.105 e. The van der Waals surface area contributed by atoms with Crippen molar-refractivity contribution in [2.24, 2.45) is 0 Å². The summed E-state index contributed by atoms with van der Waals surface area (Å²) in [6, 6.07) is 8.91. The second-order valence-electron chi connectivity index (χ2n) is 4.03. The van der Waals surface area contributed by atoms with Gasteiger partial charge in [-0.05, 0) is 23.2 Å². The lowest BCUT2D eigenvalue weighted by molar-refractivity contribution is 0.589. The molecule has 84 valence electrons. The van der Waals surface area contributed by atoms with Gasteiger partial charge in [-0.25, -0.2) is 0 Å². The van der Waals surface area contributed by atoms with Crippen LogP contribution in [0.25, 0.3) is 11.3 Å². The van der Waals surface area contributed by atoms with Crippen LogP contribution in [0.1, 0.15) is 19.4 Å². The van der Waals surface area contributed by atoms with Gasteiger partial charge < -0.3 is 5.32 Å². The van der Waals surface area contributed by atoms with Crippen LogP contribution in [0.4, 0.5) is 0 Å². The van der Waals surface area contributed by atoms with E-state index in [1.54, 1.807) is 0 Å². The van der Waals surface area contributed by atoms with E-state index in [2.05, 4.69) is 53.0 Å². The van der Waals surface area contributed by atoms with Gasteiger partial charge in [-0.2, -0.15) is 0 Å². The van der Waals surface area contributed by atoms with Crippen molar-refractivity contribution in [3.8, 4) is 11.3 Å². The van der Waals surface area contributed by atoms with Crippen molar-refractivity contribution in [3.63, 3.8) is 0 Å². The van der Waals surface area contributed by atoms with E-state index in [1.165, 1.54) is 17.1 Å². The fourth-order valence-corrected chi connectivity index (χ4v) is 1.92. The van der Waals surface area contributed by atoms with E-state index in [0.717, 1.165) is 17.8 Å². The zero-order valence-electron chi connectivity index (χ0n) is 9.47. The highest BCUT2D eigenvalue weighted by Crippen LogP contribution is 2.18. The van der Waals surface area contributed by atoms with Crippen LogP contribution in [-0.2, 0) is 6.54 Å². The minimum Gasteiger partial charge on any atom is -0.310 e. The lowest BCUT2D eigenvalue weighted by Gasteiger charge is -2.08. The Morgan fingerprint density at radius 1 is 1.38 bits per heavy atom. The van der Waals surface area contributed by atoms with Gasteiger partial charge in [-0.3, -0.25) is 0 Å². The van der Waals surface area contributed by atoms with Crippen molar-refractivity contribution in [1.29, 1.82) is 0 Å². The summed E-state index contributed by atoms with van der Waals surface area (Å²) in [6.07, 6.45) is 0. The average Bonchev–Trinajstić information content (AvgIpc) is 2.80. The van der Waals surface area contributed by atoms with Gasteiger partial charge in [-0.1, -0.05) is 36.5 Å². The minimum absolute atomic E-state index is 0.504. The van der Waals surface area contributed by atoms with E-state index in [9.17, 15) is 0 Å². The van der Waals surface area contributed by atoms with Gasteiger partial charge in [0.15, 0.2) is 0 Å². The third kappa shape index (κ3) is 2.87. The third-order valence-electron chi connectivity index (χ3n) is 2.30. The zero-order chi connectivity index (χ0) is 11.4.